The van der Waals surface area contributed by atoms with Crippen LogP contribution < -0.4 is 11.5 Å². The molecule has 2 atom stereocenters. The standard InChI is InChI=1S/C11H21N3O2/c1-7(2)9(12)11(16)14-5-3-4-8(6-14)10(13)15/h7-9H,3-6,12H2,1-2H3,(H2,13,15)/t8?,9-/m0/s1. The lowest BCUT2D eigenvalue weighted by Crippen LogP contribution is -2.51. The zero-order valence-electron chi connectivity index (χ0n) is 9.98. The van der Waals surface area contributed by atoms with Crippen molar-refractivity contribution < 1.29 is 9.59 Å². The first-order chi connectivity index (χ1) is 7.43. The van der Waals surface area contributed by atoms with Crippen LogP contribution in [0.25, 0.3) is 0 Å². The summed E-state index contributed by atoms with van der Waals surface area (Å²) in [7, 11) is 0. The second kappa shape index (κ2) is 5.30. The number of hydrogen-bond donors (Lipinski definition) is 2. The Morgan fingerprint density at radius 1 is 1.38 bits per heavy atom. The van der Waals surface area contributed by atoms with Crippen LogP contribution in [0.15, 0.2) is 0 Å². The Kier molecular flexibility index (Phi) is 4.29. The summed E-state index contributed by atoms with van der Waals surface area (Å²) in [4.78, 5) is 24.7. The van der Waals surface area contributed by atoms with Crippen molar-refractivity contribution >= 4 is 11.8 Å². The van der Waals surface area contributed by atoms with Crippen molar-refractivity contribution in [3.05, 3.63) is 0 Å². The average molecular weight is 227 g/mol. The van der Waals surface area contributed by atoms with Crippen molar-refractivity contribution in [2.24, 2.45) is 23.3 Å². The van der Waals surface area contributed by atoms with Gasteiger partial charge in [0.25, 0.3) is 0 Å². The van der Waals surface area contributed by atoms with Crippen molar-refractivity contribution in [1.82, 2.24) is 4.90 Å². The minimum atomic E-state index is -0.480. The fourth-order valence-corrected chi connectivity index (χ4v) is 1.91. The van der Waals surface area contributed by atoms with Gasteiger partial charge in [-0.1, -0.05) is 13.8 Å². The summed E-state index contributed by atoms with van der Waals surface area (Å²) >= 11 is 0. The van der Waals surface area contributed by atoms with Gasteiger partial charge in [0.1, 0.15) is 0 Å². The third kappa shape index (κ3) is 2.95. The smallest absolute Gasteiger partial charge is 0.239 e. The highest BCUT2D eigenvalue weighted by Crippen LogP contribution is 2.17. The normalized spacial score (nSPS) is 23.2. The van der Waals surface area contributed by atoms with Crippen molar-refractivity contribution in [2.75, 3.05) is 13.1 Å². The number of hydrogen-bond acceptors (Lipinski definition) is 3. The maximum absolute atomic E-state index is 12.0. The molecule has 2 amide bonds. The number of nitrogens with two attached hydrogens (primary N) is 2. The second-order valence-corrected chi connectivity index (χ2v) is 4.80. The van der Waals surface area contributed by atoms with E-state index in [9.17, 15) is 9.59 Å². The average Bonchev–Trinajstić information content (AvgIpc) is 2.27. The minimum Gasteiger partial charge on any atom is -0.369 e. The Labute approximate surface area is 96.1 Å². The molecule has 1 saturated heterocycles. The number of carbonyl (C=O) groups excluding carboxylic acids is 2. The molecule has 0 aliphatic carbocycles. The molecule has 4 N–H and O–H groups in total. The number of primary amides is 1. The summed E-state index contributed by atoms with van der Waals surface area (Å²) in [6.45, 7) is 4.94. The van der Waals surface area contributed by atoms with E-state index >= 15 is 0 Å². The zero-order chi connectivity index (χ0) is 12.3. The molecule has 1 aliphatic heterocycles. The summed E-state index contributed by atoms with van der Waals surface area (Å²) in [5.41, 5.74) is 11.1. The lowest BCUT2D eigenvalue weighted by molar-refractivity contribution is -0.137. The Morgan fingerprint density at radius 2 is 2.00 bits per heavy atom. The third-order valence-electron chi connectivity index (χ3n) is 3.14. The number of amides is 2. The number of carbonyl (C=O) groups is 2. The van der Waals surface area contributed by atoms with Gasteiger partial charge in [0.2, 0.25) is 11.8 Å². The van der Waals surface area contributed by atoms with Crippen molar-refractivity contribution in [1.29, 1.82) is 0 Å². The lowest BCUT2D eigenvalue weighted by Gasteiger charge is -2.33. The predicted molar refractivity (Wildman–Crippen MR) is 61.3 cm³/mol. The van der Waals surface area contributed by atoms with Crippen LogP contribution in [0.2, 0.25) is 0 Å². The van der Waals surface area contributed by atoms with Gasteiger partial charge in [-0.3, -0.25) is 9.59 Å². The van der Waals surface area contributed by atoms with E-state index in [1.165, 1.54) is 0 Å². The first-order valence-corrected chi connectivity index (χ1v) is 5.77. The SMILES string of the molecule is CC(C)[C@H](N)C(=O)N1CCCC(C(N)=O)C1. The molecule has 0 radical (unpaired) electrons. The van der Waals surface area contributed by atoms with Gasteiger partial charge in [-0.2, -0.15) is 0 Å². The largest absolute Gasteiger partial charge is 0.369 e. The number of piperidine rings is 1. The van der Waals surface area contributed by atoms with Crippen molar-refractivity contribution in [2.45, 2.75) is 32.7 Å². The summed E-state index contributed by atoms with van der Waals surface area (Å²) in [6, 6.07) is -0.480. The van der Waals surface area contributed by atoms with Crippen LogP contribution in [0.1, 0.15) is 26.7 Å². The van der Waals surface area contributed by atoms with Gasteiger partial charge in [-0.25, -0.2) is 0 Å². The van der Waals surface area contributed by atoms with Crippen molar-refractivity contribution in [3.8, 4) is 0 Å². The third-order valence-corrected chi connectivity index (χ3v) is 3.14. The zero-order valence-corrected chi connectivity index (χ0v) is 9.98. The molecule has 16 heavy (non-hydrogen) atoms. The minimum absolute atomic E-state index is 0.0686. The molecule has 5 nitrogen and oxygen atoms in total. The van der Waals surface area contributed by atoms with Crippen LogP contribution in [-0.2, 0) is 9.59 Å². The quantitative estimate of drug-likeness (QED) is 0.693. The highest BCUT2D eigenvalue weighted by atomic mass is 16.2. The molecule has 1 aliphatic rings. The number of likely N-dealkylation sites (tertiary alicyclic amines) is 1. The lowest BCUT2D eigenvalue weighted by atomic mass is 9.95. The Balaban J connectivity index is 2.60. The van der Waals surface area contributed by atoms with E-state index in [1.807, 2.05) is 13.8 Å². The van der Waals surface area contributed by atoms with E-state index in [2.05, 4.69) is 0 Å². The van der Waals surface area contributed by atoms with Crippen LogP contribution >= 0.6 is 0 Å². The van der Waals surface area contributed by atoms with Gasteiger partial charge >= 0.3 is 0 Å². The van der Waals surface area contributed by atoms with E-state index < -0.39 is 6.04 Å². The molecule has 5 heteroatoms. The van der Waals surface area contributed by atoms with E-state index in [1.54, 1.807) is 4.90 Å². The topological polar surface area (TPSA) is 89.4 Å². The molecule has 92 valence electrons. The monoisotopic (exact) mass is 227 g/mol. The fraction of sp³-hybridized carbons (Fsp3) is 0.818. The highest BCUT2D eigenvalue weighted by Gasteiger charge is 2.30. The van der Waals surface area contributed by atoms with Gasteiger partial charge < -0.3 is 16.4 Å². The molecular weight excluding hydrogens is 206 g/mol. The Bertz CT molecular complexity index is 278. The predicted octanol–water partition coefficient (Wildman–Crippen LogP) is -0.306. The van der Waals surface area contributed by atoms with Crippen LogP contribution in [0.4, 0.5) is 0 Å². The number of rotatable bonds is 3. The Morgan fingerprint density at radius 3 is 2.50 bits per heavy atom. The molecule has 0 aromatic carbocycles. The maximum atomic E-state index is 12.0. The van der Waals surface area contributed by atoms with E-state index in [-0.39, 0.29) is 23.7 Å². The molecule has 1 fully saturated rings. The first kappa shape index (κ1) is 13.0. The molecular formula is C11H21N3O2. The second-order valence-electron chi connectivity index (χ2n) is 4.80. The van der Waals surface area contributed by atoms with Gasteiger partial charge in [-0.05, 0) is 18.8 Å². The molecule has 0 bridgehead atoms. The van der Waals surface area contributed by atoms with Gasteiger partial charge in [-0.15, -0.1) is 0 Å². The summed E-state index contributed by atoms with van der Waals surface area (Å²) in [5, 5.41) is 0. The summed E-state index contributed by atoms with van der Waals surface area (Å²) in [5.74, 6) is -0.491. The van der Waals surface area contributed by atoms with Gasteiger partial charge in [0.05, 0.1) is 12.0 Å². The fourth-order valence-electron chi connectivity index (χ4n) is 1.91. The molecule has 1 rings (SSSR count). The molecule has 0 saturated carbocycles. The highest BCUT2D eigenvalue weighted by molar-refractivity contribution is 5.83. The Hall–Kier alpha value is -1.10. The molecule has 1 unspecified atom stereocenters. The van der Waals surface area contributed by atoms with Gasteiger partial charge in [0, 0.05) is 13.1 Å². The van der Waals surface area contributed by atoms with Gasteiger partial charge in [0.15, 0.2) is 0 Å². The first-order valence-electron chi connectivity index (χ1n) is 5.77. The molecule has 1 heterocycles. The molecule has 0 spiro atoms. The summed E-state index contributed by atoms with van der Waals surface area (Å²) in [6.07, 6.45) is 1.60. The van der Waals surface area contributed by atoms with Crippen LogP contribution in [0, 0.1) is 11.8 Å². The van der Waals surface area contributed by atoms with E-state index in [0.29, 0.717) is 13.1 Å². The van der Waals surface area contributed by atoms with E-state index in [0.717, 1.165) is 12.8 Å². The molecule has 0 aromatic rings. The van der Waals surface area contributed by atoms with Crippen molar-refractivity contribution in [3.63, 3.8) is 0 Å². The molecule has 0 aromatic heterocycles. The van der Waals surface area contributed by atoms with E-state index in [4.69, 9.17) is 11.5 Å². The number of nitrogens with zero attached hydrogens (tertiary/aromatic N) is 1. The van der Waals surface area contributed by atoms with Crippen LogP contribution in [-0.4, -0.2) is 35.8 Å². The van der Waals surface area contributed by atoms with Crippen LogP contribution in [0.5, 0.6) is 0 Å². The summed E-state index contributed by atoms with van der Waals surface area (Å²) < 4.78 is 0. The maximum Gasteiger partial charge on any atom is 0.239 e. The van der Waals surface area contributed by atoms with Crippen LogP contribution in [0.3, 0.4) is 0 Å².